The Bertz CT molecular complexity index is 927. The minimum Gasteiger partial charge on any atom is -0.495 e. The van der Waals surface area contributed by atoms with Crippen molar-refractivity contribution in [3.63, 3.8) is 0 Å². The number of aromatic nitrogens is 3. The number of nitrogens with zero attached hydrogens (tertiary/aromatic N) is 3. The summed E-state index contributed by atoms with van der Waals surface area (Å²) in [5.74, 6) is 1.49. The molecule has 8 nitrogen and oxygen atoms in total. The number of anilines is 1. The van der Waals surface area contributed by atoms with Crippen LogP contribution in [0.2, 0.25) is 0 Å². The number of aryl methyl sites for hydroxylation is 1. The topological polar surface area (TPSA) is 102 Å². The first-order valence-electron chi connectivity index (χ1n) is 9.07. The van der Waals surface area contributed by atoms with Gasteiger partial charge in [-0.05, 0) is 37.3 Å². The molecule has 3 aromatic rings. The van der Waals surface area contributed by atoms with Crippen LogP contribution in [0.4, 0.5) is 10.5 Å². The molecule has 2 aromatic heterocycles. The van der Waals surface area contributed by atoms with Crippen LogP contribution in [-0.2, 0) is 12.8 Å². The molecule has 0 aliphatic rings. The summed E-state index contributed by atoms with van der Waals surface area (Å²) < 4.78 is 10.9. The van der Waals surface area contributed by atoms with Crippen molar-refractivity contribution in [3.05, 3.63) is 54.2 Å². The summed E-state index contributed by atoms with van der Waals surface area (Å²) >= 11 is 0. The van der Waals surface area contributed by atoms with Crippen molar-refractivity contribution in [2.45, 2.75) is 32.7 Å². The zero-order valence-corrected chi connectivity index (χ0v) is 16.1. The van der Waals surface area contributed by atoms with E-state index in [1.165, 1.54) is 0 Å². The van der Waals surface area contributed by atoms with Gasteiger partial charge in [-0.3, -0.25) is 4.98 Å². The SMILES string of the molecule is CCc1nnc(-c2ccc(OC)c(NC(=O)N[C@@H](C)Cc3ccccn3)c2)o1. The van der Waals surface area contributed by atoms with Crippen molar-refractivity contribution in [2.24, 2.45) is 0 Å². The van der Waals surface area contributed by atoms with Gasteiger partial charge in [0.25, 0.3) is 0 Å². The number of carbonyl (C=O) groups is 1. The summed E-state index contributed by atoms with van der Waals surface area (Å²) in [6.07, 6.45) is 3.03. The number of ether oxygens (including phenoxy) is 1. The number of hydrogen-bond donors (Lipinski definition) is 2. The normalized spacial score (nSPS) is 11.7. The molecule has 1 aromatic carbocycles. The summed E-state index contributed by atoms with van der Waals surface area (Å²) in [7, 11) is 1.55. The van der Waals surface area contributed by atoms with E-state index in [1.807, 2.05) is 32.0 Å². The highest BCUT2D eigenvalue weighted by Gasteiger charge is 2.14. The summed E-state index contributed by atoms with van der Waals surface area (Å²) in [5, 5.41) is 13.7. The van der Waals surface area contributed by atoms with Crippen molar-refractivity contribution in [1.82, 2.24) is 20.5 Å². The Morgan fingerprint density at radius 1 is 1.25 bits per heavy atom. The largest absolute Gasteiger partial charge is 0.495 e. The van der Waals surface area contributed by atoms with Gasteiger partial charge >= 0.3 is 6.03 Å². The third-order valence-corrected chi connectivity index (χ3v) is 4.08. The summed E-state index contributed by atoms with van der Waals surface area (Å²) in [6.45, 7) is 3.86. The molecule has 3 rings (SSSR count). The number of benzene rings is 1. The van der Waals surface area contributed by atoms with E-state index in [-0.39, 0.29) is 12.1 Å². The molecule has 0 unspecified atom stereocenters. The number of nitrogens with one attached hydrogen (secondary N) is 2. The molecule has 1 atom stereocenters. The van der Waals surface area contributed by atoms with E-state index in [2.05, 4.69) is 25.8 Å². The molecule has 146 valence electrons. The number of urea groups is 1. The van der Waals surface area contributed by atoms with Crippen molar-refractivity contribution < 1.29 is 13.9 Å². The van der Waals surface area contributed by atoms with E-state index < -0.39 is 0 Å². The Kier molecular flexibility index (Phi) is 6.21. The first kappa shape index (κ1) is 19.3. The van der Waals surface area contributed by atoms with Crippen molar-refractivity contribution in [1.29, 1.82) is 0 Å². The maximum Gasteiger partial charge on any atom is 0.319 e. The average molecular weight is 381 g/mol. The molecule has 28 heavy (non-hydrogen) atoms. The first-order valence-corrected chi connectivity index (χ1v) is 9.07. The zero-order chi connectivity index (χ0) is 19.9. The second-order valence-electron chi connectivity index (χ2n) is 6.29. The van der Waals surface area contributed by atoms with Crippen LogP contribution in [0.3, 0.4) is 0 Å². The van der Waals surface area contributed by atoms with Crippen LogP contribution in [0, 0.1) is 0 Å². The lowest BCUT2D eigenvalue weighted by molar-refractivity contribution is 0.249. The fourth-order valence-electron chi connectivity index (χ4n) is 2.72. The molecule has 0 aliphatic carbocycles. The van der Waals surface area contributed by atoms with Crippen LogP contribution in [0.1, 0.15) is 25.4 Å². The van der Waals surface area contributed by atoms with Crippen molar-refractivity contribution in [3.8, 4) is 17.2 Å². The van der Waals surface area contributed by atoms with Gasteiger partial charge in [-0.15, -0.1) is 10.2 Å². The number of methoxy groups -OCH3 is 1. The average Bonchev–Trinajstić information content (AvgIpc) is 3.18. The fourth-order valence-corrected chi connectivity index (χ4v) is 2.72. The molecule has 0 radical (unpaired) electrons. The zero-order valence-electron chi connectivity index (χ0n) is 16.1. The van der Waals surface area contributed by atoms with Gasteiger partial charge in [0.1, 0.15) is 5.75 Å². The lowest BCUT2D eigenvalue weighted by atomic mass is 10.1. The van der Waals surface area contributed by atoms with Gasteiger partial charge in [0.05, 0.1) is 12.8 Å². The minimum atomic E-state index is -0.335. The smallest absolute Gasteiger partial charge is 0.319 e. The first-order chi connectivity index (χ1) is 13.6. The van der Waals surface area contributed by atoms with Crippen LogP contribution >= 0.6 is 0 Å². The molecule has 0 saturated carbocycles. The van der Waals surface area contributed by atoms with Gasteiger partial charge in [0, 0.05) is 36.3 Å². The Hall–Kier alpha value is -3.42. The number of rotatable bonds is 7. The van der Waals surface area contributed by atoms with E-state index in [4.69, 9.17) is 9.15 Å². The Balaban J connectivity index is 1.69. The number of pyridine rings is 1. The van der Waals surface area contributed by atoms with Crippen LogP contribution in [-0.4, -0.2) is 34.4 Å². The van der Waals surface area contributed by atoms with E-state index >= 15 is 0 Å². The van der Waals surface area contributed by atoms with Gasteiger partial charge < -0.3 is 19.8 Å². The van der Waals surface area contributed by atoms with E-state index in [0.717, 1.165) is 5.69 Å². The lowest BCUT2D eigenvalue weighted by Gasteiger charge is -2.16. The maximum absolute atomic E-state index is 12.4. The second-order valence-corrected chi connectivity index (χ2v) is 6.29. The standard InChI is InChI=1S/C20H23N5O3/c1-4-18-24-25-19(28-18)14-8-9-17(27-3)16(12-14)23-20(26)22-13(2)11-15-7-5-6-10-21-15/h5-10,12-13H,4,11H2,1-3H3,(H2,22,23,26)/t13-/m0/s1. The van der Waals surface area contributed by atoms with Gasteiger partial charge in [-0.2, -0.15) is 0 Å². The predicted molar refractivity (Wildman–Crippen MR) is 105 cm³/mol. The van der Waals surface area contributed by atoms with Gasteiger partial charge in [0.15, 0.2) is 0 Å². The molecule has 2 amide bonds. The molecule has 0 saturated heterocycles. The molecule has 0 bridgehead atoms. The van der Waals surface area contributed by atoms with E-state index in [9.17, 15) is 4.79 Å². The molecule has 2 N–H and O–H groups in total. The third-order valence-electron chi connectivity index (χ3n) is 4.08. The number of amides is 2. The number of hydrogen-bond acceptors (Lipinski definition) is 6. The fraction of sp³-hybridized carbons (Fsp3) is 0.300. The Morgan fingerprint density at radius 2 is 2.11 bits per heavy atom. The van der Waals surface area contributed by atoms with Crippen LogP contribution in [0.5, 0.6) is 5.75 Å². The molecular formula is C20H23N5O3. The van der Waals surface area contributed by atoms with Crippen LogP contribution in [0.25, 0.3) is 11.5 Å². The monoisotopic (exact) mass is 381 g/mol. The summed E-state index contributed by atoms with van der Waals surface area (Å²) in [5.41, 5.74) is 2.13. The van der Waals surface area contributed by atoms with E-state index in [0.29, 0.717) is 41.6 Å². The quantitative estimate of drug-likeness (QED) is 0.650. The molecule has 0 aliphatic heterocycles. The minimum absolute atomic E-state index is 0.0906. The molecule has 0 fully saturated rings. The highest BCUT2D eigenvalue weighted by Crippen LogP contribution is 2.30. The lowest BCUT2D eigenvalue weighted by Crippen LogP contribution is -2.37. The summed E-state index contributed by atoms with van der Waals surface area (Å²) in [4.78, 5) is 16.7. The number of carbonyl (C=O) groups excluding carboxylic acids is 1. The highest BCUT2D eigenvalue weighted by atomic mass is 16.5. The Labute approximate surface area is 163 Å². The molecule has 0 spiro atoms. The molecule has 2 heterocycles. The van der Waals surface area contributed by atoms with Crippen LogP contribution in [0.15, 0.2) is 47.0 Å². The molecule has 8 heteroatoms. The summed E-state index contributed by atoms with van der Waals surface area (Å²) in [6, 6.07) is 10.6. The molecular weight excluding hydrogens is 358 g/mol. The van der Waals surface area contributed by atoms with Gasteiger partial charge in [-0.1, -0.05) is 13.0 Å². The second kappa shape index (κ2) is 8.98. The van der Waals surface area contributed by atoms with Crippen LogP contribution < -0.4 is 15.4 Å². The van der Waals surface area contributed by atoms with Gasteiger partial charge in [0.2, 0.25) is 11.8 Å². The highest BCUT2D eigenvalue weighted by molar-refractivity contribution is 5.92. The van der Waals surface area contributed by atoms with Gasteiger partial charge in [-0.25, -0.2) is 4.79 Å². The Morgan fingerprint density at radius 3 is 2.79 bits per heavy atom. The van der Waals surface area contributed by atoms with E-state index in [1.54, 1.807) is 31.5 Å². The van der Waals surface area contributed by atoms with Crippen molar-refractivity contribution in [2.75, 3.05) is 12.4 Å². The third kappa shape index (κ3) is 4.85. The maximum atomic E-state index is 12.4. The van der Waals surface area contributed by atoms with Crippen molar-refractivity contribution >= 4 is 11.7 Å². The predicted octanol–water partition coefficient (Wildman–Crippen LogP) is 3.46.